The van der Waals surface area contributed by atoms with Gasteiger partial charge in [-0.15, -0.1) is 0 Å². The van der Waals surface area contributed by atoms with Crippen LogP contribution in [0, 0.1) is 5.92 Å². The summed E-state index contributed by atoms with van der Waals surface area (Å²) >= 11 is 0. The van der Waals surface area contributed by atoms with Crippen LogP contribution >= 0.6 is 0 Å². The fraction of sp³-hybridized carbons (Fsp3) is 0.929. The van der Waals surface area contributed by atoms with Gasteiger partial charge in [-0.25, -0.2) is 0 Å². The van der Waals surface area contributed by atoms with E-state index < -0.39 is 0 Å². The van der Waals surface area contributed by atoms with Crippen LogP contribution in [0.2, 0.25) is 0 Å². The zero-order valence-electron chi connectivity index (χ0n) is 12.7. The molecule has 0 spiro atoms. The van der Waals surface area contributed by atoms with Gasteiger partial charge in [0.25, 0.3) is 0 Å². The third-order valence-corrected chi connectivity index (χ3v) is 3.27. The molecule has 0 heterocycles. The Morgan fingerprint density at radius 2 is 1.72 bits per heavy atom. The maximum Gasteiger partial charge on any atom is 0.235 e. The van der Waals surface area contributed by atoms with Crippen LogP contribution in [0.5, 0.6) is 0 Å². The van der Waals surface area contributed by atoms with Crippen molar-refractivity contribution in [3.05, 3.63) is 0 Å². The topological polar surface area (TPSA) is 58.4 Å². The SMILES string of the molecule is CCNC(CN(CC(C)C)C(CC)CC)C(N)=O. The van der Waals surface area contributed by atoms with Crippen molar-refractivity contribution in [2.24, 2.45) is 11.7 Å². The second-order valence-corrected chi connectivity index (χ2v) is 5.33. The second-order valence-electron chi connectivity index (χ2n) is 5.33. The van der Waals surface area contributed by atoms with Gasteiger partial charge in [0.05, 0.1) is 6.04 Å². The summed E-state index contributed by atoms with van der Waals surface area (Å²) in [5, 5.41) is 3.17. The largest absolute Gasteiger partial charge is 0.368 e. The molecular weight excluding hydrogens is 226 g/mol. The molecule has 3 N–H and O–H groups in total. The van der Waals surface area contributed by atoms with Crippen LogP contribution < -0.4 is 11.1 Å². The summed E-state index contributed by atoms with van der Waals surface area (Å²) in [7, 11) is 0. The first-order valence-electron chi connectivity index (χ1n) is 7.22. The second kappa shape index (κ2) is 9.34. The number of nitrogens with one attached hydrogen (secondary N) is 1. The summed E-state index contributed by atoms with van der Waals surface area (Å²) in [6, 6.07) is 0.294. The number of primary amides is 1. The van der Waals surface area contributed by atoms with Crippen molar-refractivity contribution in [2.75, 3.05) is 19.6 Å². The first kappa shape index (κ1) is 17.4. The highest BCUT2D eigenvalue weighted by atomic mass is 16.1. The summed E-state index contributed by atoms with van der Waals surface area (Å²) in [4.78, 5) is 13.8. The smallest absolute Gasteiger partial charge is 0.235 e. The van der Waals surface area contributed by atoms with Crippen molar-refractivity contribution in [2.45, 2.75) is 59.5 Å². The minimum absolute atomic E-state index is 0.241. The van der Waals surface area contributed by atoms with Crippen LogP contribution in [0.3, 0.4) is 0 Å². The van der Waals surface area contributed by atoms with Gasteiger partial charge in [-0.3, -0.25) is 9.69 Å². The van der Waals surface area contributed by atoms with Gasteiger partial charge in [-0.1, -0.05) is 34.6 Å². The molecule has 0 aromatic rings. The summed E-state index contributed by atoms with van der Waals surface area (Å²) in [5.41, 5.74) is 5.46. The fourth-order valence-electron chi connectivity index (χ4n) is 2.38. The third-order valence-electron chi connectivity index (χ3n) is 3.27. The quantitative estimate of drug-likeness (QED) is 0.625. The predicted molar refractivity (Wildman–Crippen MR) is 77.4 cm³/mol. The zero-order valence-corrected chi connectivity index (χ0v) is 12.7. The summed E-state index contributed by atoms with van der Waals surface area (Å²) in [6.45, 7) is 13.3. The van der Waals surface area contributed by atoms with Gasteiger partial charge < -0.3 is 11.1 Å². The standard InChI is InChI=1S/C14H31N3O/c1-6-12(7-2)17(9-11(4)5)10-13(14(15)18)16-8-3/h11-13,16H,6-10H2,1-5H3,(H2,15,18). The lowest BCUT2D eigenvalue weighted by molar-refractivity contribution is -0.120. The number of amides is 1. The van der Waals surface area contributed by atoms with E-state index in [0.29, 0.717) is 18.5 Å². The minimum atomic E-state index is -0.253. The predicted octanol–water partition coefficient (Wildman–Crippen LogP) is 1.60. The Kier molecular flexibility index (Phi) is 9.02. The van der Waals surface area contributed by atoms with E-state index in [1.807, 2.05) is 6.92 Å². The Balaban J connectivity index is 4.67. The Bertz CT molecular complexity index is 227. The Morgan fingerprint density at radius 1 is 1.17 bits per heavy atom. The number of likely N-dealkylation sites (N-methyl/N-ethyl adjacent to an activating group) is 1. The van der Waals surface area contributed by atoms with Gasteiger partial charge >= 0.3 is 0 Å². The molecule has 0 rings (SSSR count). The molecule has 1 unspecified atom stereocenters. The normalized spacial score (nSPS) is 13.6. The summed E-state index contributed by atoms with van der Waals surface area (Å²) in [6.07, 6.45) is 2.22. The molecule has 0 saturated heterocycles. The molecule has 0 aliphatic heterocycles. The number of hydrogen-bond donors (Lipinski definition) is 2. The maximum absolute atomic E-state index is 11.4. The molecule has 0 radical (unpaired) electrons. The van der Waals surface area contributed by atoms with E-state index in [1.165, 1.54) is 0 Å². The monoisotopic (exact) mass is 257 g/mol. The number of carbonyl (C=O) groups is 1. The lowest BCUT2D eigenvalue weighted by Crippen LogP contribution is -2.52. The Morgan fingerprint density at radius 3 is 2.06 bits per heavy atom. The van der Waals surface area contributed by atoms with Gasteiger partial charge in [-0.2, -0.15) is 0 Å². The van der Waals surface area contributed by atoms with Crippen LogP contribution in [0.1, 0.15) is 47.5 Å². The van der Waals surface area contributed by atoms with Gasteiger partial charge in [-0.05, 0) is 25.3 Å². The molecule has 1 atom stereocenters. The van der Waals surface area contributed by atoms with Crippen molar-refractivity contribution in [3.8, 4) is 0 Å². The van der Waals surface area contributed by atoms with Crippen LogP contribution in [0.4, 0.5) is 0 Å². The highest BCUT2D eigenvalue weighted by Crippen LogP contribution is 2.12. The maximum atomic E-state index is 11.4. The van der Waals surface area contributed by atoms with Crippen molar-refractivity contribution >= 4 is 5.91 Å². The lowest BCUT2D eigenvalue weighted by atomic mass is 10.1. The molecule has 18 heavy (non-hydrogen) atoms. The van der Waals surface area contributed by atoms with Gasteiger partial charge in [0.1, 0.15) is 0 Å². The molecule has 1 amide bonds. The van der Waals surface area contributed by atoms with E-state index in [0.717, 1.165) is 25.9 Å². The molecule has 0 aromatic carbocycles. The summed E-state index contributed by atoms with van der Waals surface area (Å²) in [5.74, 6) is 0.345. The third kappa shape index (κ3) is 6.36. The van der Waals surface area contributed by atoms with E-state index in [2.05, 4.69) is 37.9 Å². The van der Waals surface area contributed by atoms with E-state index in [9.17, 15) is 4.79 Å². The van der Waals surface area contributed by atoms with Gasteiger partial charge in [0, 0.05) is 19.1 Å². The number of nitrogens with two attached hydrogens (primary N) is 1. The number of hydrogen-bond acceptors (Lipinski definition) is 3. The lowest BCUT2D eigenvalue weighted by Gasteiger charge is -2.34. The average molecular weight is 257 g/mol. The Hall–Kier alpha value is -0.610. The highest BCUT2D eigenvalue weighted by molar-refractivity contribution is 5.80. The molecule has 0 aromatic heterocycles. The molecule has 4 heteroatoms. The molecule has 108 valence electrons. The Labute approximate surface area is 112 Å². The molecular formula is C14H31N3O. The van der Waals surface area contributed by atoms with Crippen LogP contribution in [-0.4, -0.2) is 42.5 Å². The molecule has 0 saturated carbocycles. The van der Waals surface area contributed by atoms with Crippen molar-refractivity contribution in [1.29, 1.82) is 0 Å². The van der Waals surface area contributed by atoms with Crippen molar-refractivity contribution in [1.82, 2.24) is 10.2 Å². The van der Waals surface area contributed by atoms with E-state index >= 15 is 0 Å². The fourth-order valence-corrected chi connectivity index (χ4v) is 2.38. The molecule has 0 aliphatic rings. The zero-order chi connectivity index (χ0) is 14.1. The molecule has 4 nitrogen and oxygen atoms in total. The van der Waals surface area contributed by atoms with Crippen LogP contribution in [0.25, 0.3) is 0 Å². The number of rotatable bonds is 10. The van der Waals surface area contributed by atoms with Crippen molar-refractivity contribution in [3.63, 3.8) is 0 Å². The van der Waals surface area contributed by atoms with E-state index in [4.69, 9.17) is 5.73 Å². The molecule has 0 aliphatic carbocycles. The van der Waals surface area contributed by atoms with Crippen LogP contribution in [0.15, 0.2) is 0 Å². The number of nitrogens with zero attached hydrogens (tertiary/aromatic N) is 1. The summed E-state index contributed by atoms with van der Waals surface area (Å²) < 4.78 is 0. The first-order valence-corrected chi connectivity index (χ1v) is 7.22. The van der Waals surface area contributed by atoms with E-state index in [-0.39, 0.29) is 11.9 Å². The molecule has 0 fully saturated rings. The average Bonchev–Trinajstić information content (AvgIpc) is 2.28. The molecule has 0 bridgehead atoms. The van der Waals surface area contributed by atoms with E-state index in [1.54, 1.807) is 0 Å². The minimum Gasteiger partial charge on any atom is -0.368 e. The van der Waals surface area contributed by atoms with Gasteiger partial charge in [0.2, 0.25) is 5.91 Å². The highest BCUT2D eigenvalue weighted by Gasteiger charge is 2.23. The van der Waals surface area contributed by atoms with Crippen molar-refractivity contribution < 1.29 is 4.79 Å². The number of carbonyl (C=O) groups excluding carboxylic acids is 1. The van der Waals surface area contributed by atoms with Crippen LogP contribution in [-0.2, 0) is 4.79 Å². The first-order chi connectivity index (χ1) is 8.46. The van der Waals surface area contributed by atoms with Gasteiger partial charge in [0.15, 0.2) is 0 Å².